The van der Waals surface area contributed by atoms with Gasteiger partial charge in [0.25, 0.3) is 5.56 Å². The Balaban J connectivity index is 2.66. The normalized spacial score (nSPS) is 11.2. The zero-order valence-electron chi connectivity index (χ0n) is 7.53. The van der Waals surface area contributed by atoms with Crippen LogP contribution in [-0.4, -0.2) is 24.5 Å². The van der Waals surface area contributed by atoms with Crippen molar-refractivity contribution in [2.24, 2.45) is 0 Å². The smallest absolute Gasteiger partial charge is 0.293 e. The number of aromatic nitrogens is 4. The van der Waals surface area contributed by atoms with E-state index in [9.17, 15) is 10.0 Å². The first-order valence-electron chi connectivity index (χ1n) is 4.31. The van der Waals surface area contributed by atoms with Crippen LogP contribution in [0.5, 0.6) is 0 Å². The molecule has 6 heteroatoms. The fraction of sp³-hybridized carbons (Fsp3) is 0. The first kappa shape index (κ1) is 7.98. The maximum Gasteiger partial charge on any atom is 0.293 e. The molecule has 0 aromatic carbocycles. The summed E-state index contributed by atoms with van der Waals surface area (Å²) in [5, 5.41) is 13.6. The topological polar surface area (TPSA) is 72.4 Å². The maximum atomic E-state index is 11.5. The van der Waals surface area contributed by atoms with Crippen molar-refractivity contribution >= 4 is 16.6 Å². The van der Waals surface area contributed by atoms with Crippen LogP contribution in [0.2, 0.25) is 0 Å². The average Bonchev–Trinajstić information content (AvgIpc) is 2.71. The van der Waals surface area contributed by atoms with Gasteiger partial charge in [0, 0.05) is 18.5 Å². The molecule has 0 saturated carbocycles. The van der Waals surface area contributed by atoms with Crippen molar-refractivity contribution in [1.82, 2.24) is 19.3 Å². The monoisotopic (exact) mass is 202 g/mol. The van der Waals surface area contributed by atoms with Gasteiger partial charge in [-0.05, 0) is 6.07 Å². The minimum atomic E-state index is -0.502. The fourth-order valence-corrected chi connectivity index (χ4v) is 1.55. The maximum absolute atomic E-state index is 11.5. The molecule has 0 saturated heterocycles. The van der Waals surface area contributed by atoms with Crippen molar-refractivity contribution in [3.8, 4) is 0 Å². The first-order valence-corrected chi connectivity index (χ1v) is 4.31. The summed E-state index contributed by atoms with van der Waals surface area (Å²) in [5.41, 5.74) is 0.787. The molecule has 3 aromatic rings. The standard InChI is InChI=1S/C9H6N4O2/c14-9-6-5-10-8-1-3-11-13(8)7(6)2-4-12(9)15/h1-5,15H. The van der Waals surface area contributed by atoms with Gasteiger partial charge in [-0.25, -0.2) is 9.50 Å². The molecule has 0 bridgehead atoms. The molecule has 3 heterocycles. The summed E-state index contributed by atoms with van der Waals surface area (Å²) in [5.74, 6) is 0. The molecule has 0 spiro atoms. The van der Waals surface area contributed by atoms with Crippen LogP contribution in [0.1, 0.15) is 0 Å². The Kier molecular flexibility index (Phi) is 1.37. The second kappa shape index (κ2) is 2.57. The quantitative estimate of drug-likeness (QED) is 0.531. The van der Waals surface area contributed by atoms with E-state index in [1.165, 1.54) is 12.4 Å². The van der Waals surface area contributed by atoms with Crippen LogP contribution in [0.25, 0.3) is 16.6 Å². The molecule has 0 unspecified atom stereocenters. The van der Waals surface area contributed by atoms with E-state index in [4.69, 9.17) is 0 Å². The van der Waals surface area contributed by atoms with Crippen molar-refractivity contribution in [3.63, 3.8) is 0 Å². The molecule has 0 atom stereocenters. The Hall–Kier alpha value is -2.37. The largest absolute Gasteiger partial charge is 0.425 e. The van der Waals surface area contributed by atoms with Gasteiger partial charge in [-0.3, -0.25) is 4.79 Å². The van der Waals surface area contributed by atoms with Crippen molar-refractivity contribution in [2.45, 2.75) is 0 Å². The second-order valence-corrected chi connectivity index (χ2v) is 3.12. The first-order chi connectivity index (χ1) is 7.27. The predicted molar refractivity (Wildman–Crippen MR) is 51.9 cm³/mol. The molecule has 0 fully saturated rings. The summed E-state index contributed by atoms with van der Waals surface area (Å²) in [4.78, 5) is 15.6. The van der Waals surface area contributed by atoms with E-state index in [-0.39, 0.29) is 0 Å². The third-order valence-corrected chi connectivity index (χ3v) is 2.26. The lowest BCUT2D eigenvalue weighted by molar-refractivity contribution is 0.176. The van der Waals surface area contributed by atoms with Crippen LogP contribution in [0.3, 0.4) is 0 Å². The van der Waals surface area contributed by atoms with Gasteiger partial charge in [-0.1, -0.05) is 0 Å². The molecular weight excluding hydrogens is 196 g/mol. The molecule has 3 aromatic heterocycles. The summed E-state index contributed by atoms with van der Waals surface area (Å²) >= 11 is 0. The highest BCUT2D eigenvalue weighted by Gasteiger charge is 2.06. The van der Waals surface area contributed by atoms with Crippen LogP contribution in [0, 0.1) is 0 Å². The van der Waals surface area contributed by atoms with Crippen molar-refractivity contribution in [3.05, 3.63) is 41.1 Å². The van der Waals surface area contributed by atoms with Gasteiger partial charge in [-0.2, -0.15) is 9.83 Å². The van der Waals surface area contributed by atoms with E-state index in [1.54, 1.807) is 22.8 Å². The lowest BCUT2D eigenvalue weighted by Gasteiger charge is -2.01. The average molecular weight is 202 g/mol. The second-order valence-electron chi connectivity index (χ2n) is 3.12. The summed E-state index contributed by atoms with van der Waals surface area (Å²) < 4.78 is 2.08. The number of nitrogens with zero attached hydrogens (tertiary/aromatic N) is 4. The molecule has 0 aliphatic rings. The zero-order valence-corrected chi connectivity index (χ0v) is 7.53. The number of rotatable bonds is 0. The van der Waals surface area contributed by atoms with Crippen LogP contribution in [-0.2, 0) is 0 Å². The van der Waals surface area contributed by atoms with Crippen LogP contribution in [0.4, 0.5) is 0 Å². The third kappa shape index (κ3) is 0.954. The number of hydrogen-bond donors (Lipinski definition) is 1. The third-order valence-electron chi connectivity index (χ3n) is 2.26. The molecule has 15 heavy (non-hydrogen) atoms. The summed E-state index contributed by atoms with van der Waals surface area (Å²) in [7, 11) is 0. The minimum absolute atomic E-state index is 0.330. The van der Waals surface area contributed by atoms with Gasteiger partial charge in [0.1, 0.15) is 0 Å². The van der Waals surface area contributed by atoms with Gasteiger partial charge >= 0.3 is 0 Å². The van der Waals surface area contributed by atoms with Gasteiger partial charge in [-0.15, -0.1) is 0 Å². The molecular formula is C9H6N4O2. The number of fused-ring (bicyclic) bond motifs is 3. The molecule has 0 aliphatic carbocycles. The van der Waals surface area contributed by atoms with Gasteiger partial charge in [0.05, 0.1) is 17.1 Å². The summed E-state index contributed by atoms with van der Waals surface area (Å²) in [6.45, 7) is 0. The van der Waals surface area contributed by atoms with Crippen LogP contribution < -0.4 is 5.56 Å². The van der Waals surface area contributed by atoms with E-state index in [0.29, 0.717) is 21.3 Å². The van der Waals surface area contributed by atoms with E-state index < -0.39 is 5.56 Å². The van der Waals surface area contributed by atoms with Crippen molar-refractivity contribution < 1.29 is 5.21 Å². The van der Waals surface area contributed by atoms with E-state index in [0.717, 1.165) is 0 Å². The highest BCUT2D eigenvalue weighted by atomic mass is 16.5. The highest BCUT2D eigenvalue weighted by Crippen LogP contribution is 2.09. The van der Waals surface area contributed by atoms with E-state index in [1.807, 2.05) is 0 Å². The molecule has 74 valence electrons. The number of pyridine rings is 1. The van der Waals surface area contributed by atoms with E-state index >= 15 is 0 Å². The van der Waals surface area contributed by atoms with Crippen molar-refractivity contribution in [1.29, 1.82) is 0 Å². The van der Waals surface area contributed by atoms with Crippen LogP contribution in [0.15, 0.2) is 35.5 Å². The molecule has 0 aliphatic heterocycles. The Morgan fingerprint density at radius 2 is 2.20 bits per heavy atom. The molecule has 3 rings (SSSR count). The lowest BCUT2D eigenvalue weighted by atomic mass is 10.3. The fourth-order valence-electron chi connectivity index (χ4n) is 1.55. The minimum Gasteiger partial charge on any atom is -0.425 e. The van der Waals surface area contributed by atoms with E-state index in [2.05, 4.69) is 10.1 Å². The van der Waals surface area contributed by atoms with Gasteiger partial charge in [0.15, 0.2) is 5.65 Å². The zero-order chi connectivity index (χ0) is 10.4. The summed E-state index contributed by atoms with van der Waals surface area (Å²) in [6, 6.07) is 3.35. The summed E-state index contributed by atoms with van der Waals surface area (Å²) in [6.07, 6.45) is 4.32. The molecule has 0 amide bonds. The molecule has 6 nitrogen and oxygen atoms in total. The van der Waals surface area contributed by atoms with Gasteiger partial charge < -0.3 is 5.21 Å². The Morgan fingerprint density at radius 3 is 3.07 bits per heavy atom. The lowest BCUT2D eigenvalue weighted by Crippen LogP contribution is -2.17. The Bertz CT molecular complexity index is 713. The SMILES string of the molecule is O=c1c2cnc3ccnn3c2ccn1O. The highest BCUT2D eigenvalue weighted by molar-refractivity contribution is 5.78. The van der Waals surface area contributed by atoms with Gasteiger partial charge in [0.2, 0.25) is 0 Å². The number of hydrogen-bond acceptors (Lipinski definition) is 4. The van der Waals surface area contributed by atoms with Crippen molar-refractivity contribution in [2.75, 3.05) is 0 Å². The molecule has 1 N–H and O–H groups in total. The molecule has 0 radical (unpaired) electrons. The Morgan fingerprint density at radius 1 is 1.33 bits per heavy atom. The Labute approximate surface area is 83.0 Å². The van der Waals surface area contributed by atoms with Crippen LogP contribution >= 0.6 is 0 Å². The predicted octanol–water partition coefficient (Wildman–Crippen LogP) is 0.281.